The monoisotopic (exact) mass is 333 g/mol. The summed E-state index contributed by atoms with van der Waals surface area (Å²) in [5.74, 6) is -2.85. The number of carbonyl (C=O) groups excluding carboxylic acids is 1. The average Bonchev–Trinajstić information content (AvgIpc) is 2.06. The summed E-state index contributed by atoms with van der Waals surface area (Å²) in [6.45, 7) is 0. The van der Waals surface area contributed by atoms with E-state index in [9.17, 15) is 22.4 Å². The van der Waals surface area contributed by atoms with Crippen molar-refractivity contribution in [3.05, 3.63) is 32.6 Å². The van der Waals surface area contributed by atoms with Crippen LogP contribution in [0.3, 0.4) is 0 Å². The first-order valence-electron chi connectivity index (χ1n) is 3.59. The number of halogens is 5. The molecule has 7 heteroatoms. The van der Waals surface area contributed by atoms with Gasteiger partial charge in [-0.1, -0.05) is 0 Å². The van der Waals surface area contributed by atoms with Crippen LogP contribution in [0.2, 0.25) is 0 Å². The highest BCUT2D eigenvalue weighted by molar-refractivity contribution is 14.1. The van der Waals surface area contributed by atoms with E-state index in [2.05, 4.69) is 0 Å². The zero-order valence-electron chi connectivity index (χ0n) is 7.03. The third-order valence-corrected chi connectivity index (χ3v) is 2.23. The minimum atomic E-state index is -4.84. The van der Waals surface area contributed by atoms with Crippen LogP contribution >= 0.6 is 22.6 Å². The first-order chi connectivity index (χ1) is 6.73. The van der Waals surface area contributed by atoms with Crippen molar-refractivity contribution in [3.8, 4) is 0 Å². The molecule has 0 aliphatic rings. The van der Waals surface area contributed by atoms with E-state index in [1.165, 1.54) is 0 Å². The third-order valence-electron chi connectivity index (χ3n) is 1.61. The second-order valence-corrected chi connectivity index (χ2v) is 3.92. The molecule has 82 valence electrons. The SMILES string of the molecule is NC(=O)c1cc(I)cc(C(F)(F)F)c1F. The summed E-state index contributed by atoms with van der Waals surface area (Å²) in [4.78, 5) is 10.7. The van der Waals surface area contributed by atoms with Gasteiger partial charge in [-0.05, 0) is 34.7 Å². The molecule has 1 aromatic carbocycles. The fraction of sp³-hybridized carbons (Fsp3) is 0.125. The zero-order valence-corrected chi connectivity index (χ0v) is 9.19. The van der Waals surface area contributed by atoms with Crippen molar-refractivity contribution in [2.75, 3.05) is 0 Å². The molecule has 1 amide bonds. The number of benzene rings is 1. The third kappa shape index (κ3) is 2.58. The molecule has 0 aliphatic carbocycles. The van der Waals surface area contributed by atoms with Crippen LogP contribution in [0, 0.1) is 9.39 Å². The van der Waals surface area contributed by atoms with Crippen molar-refractivity contribution in [1.82, 2.24) is 0 Å². The summed E-state index contributed by atoms with van der Waals surface area (Å²) in [5, 5.41) is 0. The first-order valence-corrected chi connectivity index (χ1v) is 4.67. The Morgan fingerprint density at radius 1 is 1.33 bits per heavy atom. The maximum absolute atomic E-state index is 13.2. The van der Waals surface area contributed by atoms with E-state index in [0.717, 1.165) is 6.07 Å². The van der Waals surface area contributed by atoms with Crippen molar-refractivity contribution in [2.24, 2.45) is 5.73 Å². The molecule has 1 rings (SSSR count). The van der Waals surface area contributed by atoms with Crippen LogP contribution in [0.1, 0.15) is 15.9 Å². The molecule has 0 saturated heterocycles. The zero-order chi connectivity index (χ0) is 11.8. The standard InChI is InChI=1S/C8H4F4INO/c9-6-4(7(14)15)1-3(13)2-5(6)8(10,11)12/h1-2H,(H2,14,15). The summed E-state index contributed by atoms with van der Waals surface area (Å²) in [5.41, 5.74) is 2.51. The lowest BCUT2D eigenvalue weighted by molar-refractivity contribution is -0.140. The van der Waals surface area contributed by atoms with Gasteiger partial charge < -0.3 is 5.73 Å². The number of amides is 1. The topological polar surface area (TPSA) is 43.1 Å². The molecule has 0 aliphatic heterocycles. The van der Waals surface area contributed by atoms with Gasteiger partial charge in [-0.25, -0.2) is 4.39 Å². The molecule has 0 fully saturated rings. The molecule has 0 radical (unpaired) electrons. The number of hydrogen-bond donors (Lipinski definition) is 1. The predicted molar refractivity (Wildman–Crippen MR) is 52.6 cm³/mol. The Labute approximate surface area is 95.6 Å². The van der Waals surface area contributed by atoms with Crippen LogP contribution in [-0.4, -0.2) is 5.91 Å². The Morgan fingerprint density at radius 3 is 2.27 bits per heavy atom. The van der Waals surface area contributed by atoms with E-state index in [1.54, 1.807) is 22.6 Å². The van der Waals surface area contributed by atoms with Crippen molar-refractivity contribution in [2.45, 2.75) is 6.18 Å². The van der Waals surface area contributed by atoms with Crippen LogP contribution in [0.15, 0.2) is 12.1 Å². The summed E-state index contributed by atoms with van der Waals surface area (Å²) in [6, 6.07) is 1.58. The summed E-state index contributed by atoms with van der Waals surface area (Å²) < 4.78 is 50.1. The fourth-order valence-electron chi connectivity index (χ4n) is 0.975. The van der Waals surface area contributed by atoms with E-state index in [-0.39, 0.29) is 3.57 Å². The fourth-order valence-corrected chi connectivity index (χ4v) is 1.60. The Balaban J connectivity index is 3.49. The lowest BCUT2D eigenvalue weighted by Gasteiger charge is -2.10. The van der Waals surface area contributed by atoms with E-state index >= 15 is 0 Å². The van der Waals surface area contributed by atoms with Gasteiger partial charge in [0.1, 0.15) is 5.82 Å². The van der Waals surface area contributed by atoms with Crippen molar-refractivity contribution in [3.63, 3.8) is 0 Å². The number of carbonyl (C=O) groups is 1. The van der Waals surface area contributed by atoms with Crippen LogP contribution in [0.5, 0.6) is 0 Å². The van der Waals surface area contributed by atoms with E-state index in [0.29, 0.717) is 6.07 Å². The predicted octanol–water partition coefficient (Wildman–Crippen LogP) is 2.55. The van der Waals surface area contributed by atoms with Gasteiger partial charge >= 0.3 is 6.18 Å². The molecule has 15 heavy (non-hydrogen) atoms. The molecule has 1 aromatic rings. The molecular formula is C8H4F4INO. The van der Waals surface area contributed by atoms with Gasteiger partial charge in [-0.2, -0.15) is 13.2 Å². The molecule has 2 N–H and O–H groups in total. The molecule has 0 aromatic heterocycles. The van der Waals surface area contributed by atoms with Gasteiger partial charge in [0, 0.05) is 3.57 Å². The molecule has 0 atom stereocenters. The van der Waals surface area contributed by atoms with Crippen LogP contribution in [-0.2, 0) is 6.18 Å². The smallest absolute Gasteiger partial charge is 0.366 e. The highest BCUT2D eigenvalue weighted by Gasteiger charge is 2.36. The number of alkyl halides is 3. The van der Waals surface area contributed by atoms with Gasteiger partial charge in [-0.15, -0.1) is 0 Å². The first kappa shape index (κ1) is 12.2. The van der Waals surface area contributed by atoms with Crippen LogP contribution in [0.4, 0.5) is 17.6 Å². The number of nitrogens with two attached hydrogens (primary N) is 1. The van der Waals surface area contributed by atoms with E-state index in [1.807, 2.05) is 0 Å². The van der Waals surface area contributed by atoms with Gasteiger partial charge in [0.2, 0.25) is 0 Å². The van der Waals surface area contributed by atoms with Crippen LogP contribution < -0.4 is 5.73 Å². The normalized spacial score (nSPS) is 11.5. The van der Waals surface area contributed by atoms with Crippen LogP contribution in [0.25, 0.3) is 0 Å². The summed E-state index contributed by atoms with van der Waals surface area (Å²) >= 11 is 1.55. The number of primary amides is 1. The Hall–Kier alpha value is -0.860. The minimum Gasteiger partial charge on any atom is -0.366 e. The molecule has 0 unspecified atom stereocenters. The quantitative estimate of drug-likeness (QED) is 0.623. The van der Waals surface area contributed by atoms with E-state index < -0.39 is 29.0 Å². The summed E-state index contributed by atoms with van der Waals surface area (Å²) in [6.07, 6.45) is -4.84. The van der Waals surface area contributed by atoms with Crippen molar-refractivity contribution < 1.29 is 22.4 Å². The molecular weight excluding hydrogens is 329 g/mol. The van der Waals surface area contributed by atoms with Gasteiger partial charge in [0.25, 0.3) is 5.91 Å². The molecule has 0 saturated carbocycles. The Bertz CT molecular complexity index is 416. The maximum Gasteiger partial charge on any atom is 0.419 e. The number of hydrogen-bond acceptors (Lipinski definition) is 1. The molecule has 2 nitrogen and oxygen atoms in total. The number of rotatable bonds is 1. The lowest BCUT2D eigenvalue weighted by Crippen LogP contribution is -2.18. The molecule has 0 heterocycles. The van der Waals surface area contributed by atoms with Gasteiger partial charge in [-0.3, -0.25) is 4.79 Å². The molecule has 0 bridgehead atoms. The Kier molecular flexibility index (Phi) is 3.22. The summed E-state index contributed by atoms with van der Waals surface area (Å²) in [7, 11) is 0. The second kappa shape index (κ2) is 3.95. The molecule has 0 spiro atoms. The highest BCUT2D eigenvalue weighted by atomic mass is 127. The van der Waals surface area contributed by atoms with Crippen molar-refractivity contribution in [1.29, 1.82) is 0 Å². The Morgan fingerprint density at radius 2 is 1.87 bits per heavy atom. The van der Waals surface area contributed by atoms with Gasteiger partial charge in [0.05, 0.1) is 11.1 Å². The largest absolute Gasteiger partial charge is 0.419 e. The van der Waals surface area contributed by atoms with Gasteiger partial charge in [0.15, 0.2) is 0 Å². The average molecular weight is 333 g/mol. The maximum atomic E-state index is 13.2. The highest BCUT2D eigenvalue weighted by Crippen LogP contribution is 2.33. The second-order valence-electron chi connectivity index (χ2n) is 2.68. The van der Waals surface area contributed by atoms with Crippen molar-refractivity contribution >= 4 is 28.5 Å². The minimum absolute atomic E-state index is 0.0927. The lowest BCUT2D eigenvalue weighted by atomic mass is 10.1. The van der Waals surface area contributed by atoms with E-state index in [4.69, 9.17) is 5.73 Å².